The number of ether oxygens (including phenoxy) is 6. The van der Waals surface area contributed by atoms with E-state index in [2.05, 4.69) is 32.8 Å². The zero-order valence-electron chi connectivity index (χ0n) is 21.5. The molecule has 1 aliphatic heterocycles. The van der Waals surface area contributed by atoms with Crippen LogP contribution in [-0.2, 0) is 49.3 Å². The van der Waals surface area contributed by atoms with Crippen LogP contribution < -0.4 is 4.74 Å². The lowest BCUT2D eigenvalue weighted by molar-refractivity contribution is -0.289. The topological polar surface area (TPSA) is 152 Å². The molecular weight excluding hydrogens is 615 g/mol. The van der Waals surface area contributed by atoms with Crippen molar-refractivity contribution < 1.29 is 47.6 Å². The van der Waals surface area contributed by atoms with E-state index in [9.17, 15) is 19.2 Å². The maximum Gasteiger partial charge on any atom is 0.303 e. The summed E-state index contributed by atoms with van der Waals surface area (Å²) < 4.78 is 34.6. The van der Waals surface area contributed by atoms with Crippen molar-refractivity contribution in [2.45, 2.75) is 71.7 Å². The van der Waals surface area contributed by atoms with Gasteiger partial charge in [-0.15, -0.1) is 5.10 Å². The van der Waals surface area contributed by atoms with Gasteiger partial charge < -0.3 is 28.4 Å². The van der Waals surface area contributed by atoms with Crippen molar-refractivity contribution in [3.63, 3.8) is 0 Å². The van der Waals surface area contributed by atoms with Crippen LogP contribution in [0.3, 0.4) is 0 Å². The molecule has 2 heterocycles. The van der Waals surface area contributed by atoms with Gasteiger partial charge in [-0.05, 0) is 47.2 Å². The summed E-state index contributed by atoms with van der Waals surface area (Å²) in [4.78, 5) is 47.4. The van der Waals surface area contributed by atoms with Gasteiger partial charge in [-0.25, -0.2) is 0 Å². The molecule has 12 nitrogen and oxygen atoms in total. The van der Waals surface area contributed by atoms with Gasteiger partial charge in [0.05, 0.1) is 0 Å². The van der Waals surface area contributed by atoms with Crippen molar-refractivity contribution >= 4 is 46.5 Å². The first kappa shape index (κ1) is 29.4. The lowest BCUT2D eigenvalue weighted by atomic mass is 9.98. The standard InChI is InChI=1S/C25H29IN2O10/c1-12-19(10-17-6-8-18(26)9-7-17)24(28-27-12)38-25-23(36-16(5)32)22(35-15(4)31)21(34-14(3)30)20(37-25)11-33-13(2)29/h6-9,20-23,25H,10-11H2,1-5H3,(H,27,28)/t20-,21-,22+,23-,25+/m1/s1. The number of hydrogen-bond acceptors (Lipinski definition) is 11. The zero-order chi connectivity index (χ0) is 28.0. The summed E-state index contributed by atoms with van der Waals surface area (Å²) in [7, 11) is 0. The number of carbonyl (C=O) groups is 4. The Kier molecular flexibility index (Phi) is 10.1. The zero-order valence-corrected chi connectivity index (χ0v) is 23.7. The monoisotopic (exact) mass is 644 g/mol. The van der Waals surface area contributed by atoms with E-state index >= 15 is 0 Å². The number of carbonyl (C=O) groups excluding carboxylic acids is 4. The predicted molar refractivity (Wildman–Crippen MR) is 138 cm³/mol. The summed E-state index contributed by atoms with van der Waals surface area (Å²) in [6, 6.07) is 7.91. The number of halogens is 1. The minimum Gasteiger partial charge on any atom is -0.463 e. The number of H-pyrrole nitrogens is 1. The Bertz CT molecular complexity index is 1170. The van der Waals surface area contributed by atoms with Crippen LogP contribution in [0.5, 0.6) is 5.88 Å². The van der Waals surface area contributed by atoms with E-state index in [-0.39, 0.29) is 12.5 Å². The number of hydrogen-bond donors (Lipinski definition) is 1. The van der Waals surface area contributed by atoms with Gasteiger partial charge in [0.25, 0.3) is 0 Å². The van der Waals surface area contributed by atoms with Crippen LogP contribution in [-0.4, -0.2) is 71.4 Å². The minimum absolute atomic E-state index is 0.168. The van der Waals surface area contributed by atoms with Crippen LogP contribution in [0.4, 0.5) is 0 Å². The Morgan fingerprint density at radius 1 is 0.895 bits per heavy atom. The highest BCUT2D eigenvalue weighted by molar-refractivity contribution is 14.1. The SMILES string of the molecule is CC(=O)OC[C@H]1O[C@@H](Oc2n[nH]c(C)c2Cc2ccc(I)cc2)[C@H](OC(C)=O)[C@@H](OC(C)=O)[C@@H]1OC(C)=O. The van der Waals surface area contributed by atoms with Crippen molar-refractivity contribution in [1.29, 1.82) is 0 Å². The Morgan fingerprint density at radius 2 is 1.47 bits per heavy atom. The summed E-state index contributed by atoms with van der Waals surface area (Å²) >= 11 is 2.22. The molecule has 13 heteroatoms. The van der Waals surface area contributed by atoms with Gasteiger partial charge in [-0.3, -0.25) is 24.3 Å². The number of nitrogens with one attached hydrogen (secondary N) is 1. The van der Waals surface area contributed by atoms with Gasteiger partial charge in [-0.1, -0.05) is 12.1 Å². The van der Waals surface area contributed by atoms with Crippen molar-refractivity contribution in [3.8, 4) is 5.88 Å². The molecule has 1 aromatic carbocycles. The van der Waals surface area contributed by atoms with Gasteiger partial charge in [0.1, 0.15) is 12.7 Å². The van der Waals surface area contributed by atoms with E-state index in [0.717, 1.165) is 41.2 Å². The average molecular weight is 644 g/mol. The first-order chi connectivity index (χ1) is 17.9. The highest BCUT2D eigenvalue weighted by atomic mass is 127. The number of aromatic amines is 1. The molecule has 0 saturated carbocycles. The van der Waals surface area contributed by atoms with E-state index in [4.69, 9.17) is 28.4 Å². The van der Waals surface area contributed by atoms with E-state index < -0.39 is 54.6 Å². The highest BCUT2D eigenvalue weighted by Crippen LogP contribution is 2.32. The number of esters is 4. The fourth-order valence-corrected chi connectivity index (χ4v) is 4.30. The molecule has 1 fully saturated rings. The fourth-order valence-electron chi connectivity index (χ4n) is 3.94. The van der Waals surface area contributed by atoms with Crippen LogP contribution in [0.15, 0.2) is 24.3 Å². The normalized spacial score (nSPS) is 22.7. The largest absolute Gasteiger partial charge is 0.463 e. The Balaban J connectivity index is 1.98. The first-order valence-corrected chi connectivity index (χ1v) is 12.8. The van der Waals surface area contributed by atoms with Crippen LogP contribution in [0.2, 0.25) is 0 Å². The lowest BCUT2D eigenvalue weighted by Gasteiger charge is -2.43. The summed E-state index contributed by atoms with van der Waals surface area (Å²) in [6.07, 6.45) is -5.97. The summed E-state index contributed by atoms with van der Waals surface area (Å²) in [5.74, 6) is -2.61. The van der Waals surface area contributed by atoms with Crippen molar-refractivity contribution in [1.82, 2.24) is 10.2 Å². The molecular formula is C25H29IN2O10. The maximum absolute atomic E-state index is 12.0. The number of aromatic nitrogens is 2. The number of rotatable bonds is 9. The minimum atomic E-state index is -1.37. The van der Waals surface area contributed by atoms with Crippen LogP contribution in [0.25, 0.3) is 0 Å². The van der Waals surface area contributed by atoms with Gasteiger partial charge in [0.2, 0.25) is 18.3 Å². The second-order valence-electron chi connectivity index (χ2n) is 8.62. The average Bonchev–Trinajstić information content (AvgIpc) is 3.16. The summed E-state index contributed by atoms with van der Waals surface area (Å²) in [6.45, 7) is 6.14. The maximum atomic E-state index is 12.0. The van der Waals surface area contributed by atoms with E-state index in [1.165, 1.54) is 6.92 Å². The van der Waals surface area contributed by atoms with Crippen LogP contribution >= 0.6 is 22.6 Å². The van der Waals surface area contributed by atoms with E-state index in [0.29, 0.717) is 6.42 Å². The Labute approximate surface area is 232 Å². The molecule has 5 atom stereocenters. The lowest BCUT2D eigenvalue weighted by Crippen LogP contribution is -2.63. The molecule has 0 aliphatic carbocycles. The molecule has 38 heavy (non-hydrogen) atoms. The Morgan fingerprint density at radius 3 is 2.05 bits per heavy atom. The summed E-state index contributed by atoms with van der Waals surface area (Å²) in [5.41, 5.74) is 2.46. The molecule has 206 valence electrons. The molecule has 2 aromatic rings. The van der Waals surface area contributed by atoms with E-state index in [1.54, 1.807) is 0 Å². The smallest absolute Gasteiger partial charge is 0.303 e. The quantitative estimate of drug-likeness (QED) is 0.243. The molecule has 3 rings (SSSR count). The van der Waals surface area contributed by atoms with E-state index in [1.807, 2.05) is 31.2 Å². The molecule has 1 saturated heterocycles. The van der Waals surface area contributed by atoms with Crippen molar-refractivity contribution in [3.05, 3.63) is 44.7 Å². The predicted octanol–water partition coefficient (Wildman–Crippen LogP) is 2.38. The first-order valence-electron chi connectivity index (χ1n) is 11.7. The molecule has 0 spiro atoms. The van der Waals surface area contributed by atoms with Gasteiger partial charge in [0, 0.05) is 48.9 Å². The molecule has 0 bridgehead atoms. The highest BCUT2D eigenvalue weighted by Gasteiger charge is 2.53. The molecule has 1 N–H and O–H groups in total. The van der Waals surface area contributed by atoms with Gasteiger partial charge >= 0.3 is 23.9 Å². The molecule has 0 radical (unpaired) electrons. The molecule has 1 aliphatic rings. The van der Waals surface area contributed by atoms with Crippen molar-refractivity contribution in [2.24, 2.45) is 0 Å². The Hall–Kier alpha value is -3.20. The number of nitrogens with zero attached hydrogens (tertiary/aromatic N) is 1. The third-order valence-electron chi connectivity index (χ3n) is 5.51. The molecule has 0 amide bonds. The number of aryl methyl sites for hydroxylation is 1. The summed E-state index contributed by atoms with van der Waals surface area (Å²) in [5, 5.41) is 7.12. The second-order valence-corrected chi connectivity index (χ2v) is 9.87. The fraction of sp³-hybridized carbons (Fsp3) is 0.480. The number of benzene rings is 1. The molecule has 0 unspecified atom stereocenters. The van der Waals surface area contributed by atoms with Crippen LogP contribution in [0, 0.1) is 10.5 Å². The van der Waals surface area contributed by atoms with Crippen molar-refractivity contribution in [2.75, 3.05) is 6.61 Å². The van der Waals surface area contributed by atoms with Gasteiger partial charge in [-0.2, -0.15) is 0 Å². The molecule has 1 aromatic heterocycles. The van der Waals surface area contributed by atoms with Gasteiger partial charge in [0.15, 0.2) is 12.2 Å². The third kappa shape index (κ3) is 7.90. The second kappa shape index (κ2) is 13.0. The van der Waals surface area contributed by atoms with Crippen LogP contribution in [0.1, 0.15) is 44.5 Å². The third-order valence-corrected chi connectivity index (χ3v) is 6.23.